The lowest BCUT2D eigenvalue weighted by atomic mass is 9.67. The second-order valence-electron chi connectivity index (χ2n) is 7.56. The molecule has 0 radical (unpaired) electrons. The molecule has 3 aromatic rings. The zero-order valence-corrected chi connectivity index (χ0v) is 17.3. The molecule has 1 nitrogen and oxygen atoms in total. The minimum atomic E-state index is 0.596. The lowest BCUT2D eigenvalue weighted by Crippen LogP contribution is -2.25. The second-order valence-corrected chi connectivity index (χ2v) is 8.41. The Morgan fingerprint density at radius 2 is 1.59 bits per heavy atom. The first-order valence-corrected chi connectivity index (χ1v) is 10.5. The van der Waals surface area contributed by atoms with Gasteiger partial charge in [-0.2, -0.15) is 0 Å². The highest BCUT2D eigenvalue weighted by molar-refractivity contribution is 9.10. The molecule has 0 heterocycles. The van der Waals surface area contributed by atoms with Crippen molar-refractivity contribution < 1.29 is 4.74 Å². The Morgan fingerprint density at radius 3 is 2.22 bits per heavy atom. The molecule has 0 saturated heterocycles. The molecule has 0 spiro atoms. The van der Waals surface area contributed by atoms with E-state index in [0.29, 0.717) is 12.5 Å². The topological polar surface area (TPSA) is 9.23 Å². The molecular formula is C25H25BrO. The van der Waals surface area contributed by atoms with E-state index in [2.05, 4.69) is 77.5 Å². The molecule has 2 heteroatoms. The minimum Gasteiger partial charge on any atom is -0.487 e. The quantitative estimate of drug-likeness (QED) is 0.414. The normalized spacial score (nSPS) is 18.7. The van der Waals surface area contributed by atoms with Crippen LogP contribution >= 0.6 is 15.9 Å². The summed E-state index contributed by atoms with van der Waals surface area (Å²) in [7, 11) is 0. The summed E-state index contributed by atoms with van der Waals surface area (Å²) in [5, 5.41) is 0. The fraction of sp³-hybridized carbons (Fsp3) is 0.280. The number of benzene rings is 3. The van der Waals surface area contributed by atoms with Crippen LogP contribution in [0.5, 0.6) is 5.75 Å². The maximum Gasteiger partial charge on any atom is 0.136 e. The summed E-state index contributed by atoms with van der Waals surface area (Å²) in [6.45, 7) is 2.74. The van der Waals surface area contributed by atoms with Crippen molar-refractivity contribution in [2.75, 3.05) is 0 Å². The largest absolute Gasteiger partial charge is 0.487 e. The van der Waals surface area contributed by atoms with Crippen molar-refractivity contribution in [3.63, 3.8) is 0 Å². The second kappa shape index (κ2) is 8.31. The number of hydrogen-bond acceptors (Lipinski definition) is 1. The highest BCUT2D eigenvalue weighted by Crippen LogP contribution is 2.45. The molecule has 1 saturated carbocycles. The Labute approximate surface area is 170 Å². The summed E-state index contributed by atoms with van der Waals surface area (Å²) in [4.78, 5) is 0. The van der Waals surface area contributed by atoms with Gasteiger partial charge in [-0.05, 0) is 82.3 Å². The summed E-state index contributed by atoms with van der Waals surface area (Å²) in [5.41, 5.74) is 5.28. The van der Waals surface area contributed by atoms with Crippen LogP contribution in [-0.4, -0.2) is 0 Å². The van der Waals surface area contributed by atoms with E-state index in [1.54, 1.807) is 0 Å². The molecule has 4 rings (SSSR count). The molecule has 27 heavy (non-hydrogen) atoms. The van der Waals surface area contributed by atoms with Crippen LogP contribution in [0.4, 0.5) is 0 Å². The van der Waals surface area contributed by atoms with Crippen molar-refractivity contribution >= 4 is 15.9 Å². The average Bonchev–Trinajstić information content (AvgIpc) is 2.66. The maximum atomic E-state index is 6.10. The first-order chi connectivity index (χ1) is 13.2. The van der Waals surface area contributed by atoms with Gasteiger partial charge in [-0.15, -0.1) is 0 Å². The fourth-order valence-corrected chi connectivity index (χ4v) is 4.81. The van der Waals surface area contributed by atoms with Gasteiger partial charge in [0, 0.05) is 0 Å². The first-order valence-electron chi connectivity index (χ1n) is 9.71. The molecule has 1 aliphatic carbocycles. The van der Waals surface area contributed by atoms with E-state index >= 15 is 0 Å². The van der Waals surface area contributed by atoms with Crippen molar-refractivity contribution in [3.8, 4) is 5.75 Å². The third kappa shape index (κ3) is 4.27. The van der Waals surface area contributed by atoms with Crippen LogP contribution in [0.15, 0.2) is 77.3 Å². The maximum absolute atomic E-state index is 6.10. The van der Waals surface area contributed by atoms with Gasteiger partial charge in [-0.25, -0.2) is 0 Å². The first kappa shape index (κ1) is 18.3. The van der Waals surface area contributed by atoms with E-state index < -0.39 is 0 Å². The zero-order chi connectivity index (χ0) is 18.6. The van der Waals surface area contributed by atoms with E-state index in [9.17, 15) is 0 Å². The van der Waals surface area contributed by atoms with Gasteiger partial charge in [0.05, 0.1) is 4.47 Å². The van der Waals surface area contributed by atoms with E-state index in [1.165, 1.54) is 35.1 Å². The molecule has 0 bridgehead atoms. The van der Waals surface area contributed by atoms with Gasteiger partial charge in [0.25, 0.3) is 0 Å². The molecule has 2 unspecified atom stereocenters. The summed E-state index contributed by atoms with van der Waals surface area (Å²) in [6, 6.07) is 25.8. The van der Waals surface area contributed by atoms with Crippen LogP contribution in [0.1, 0.15) is 41.0 Å². The molecule has 3 aromatic carbocycles. The highest BCUT2D eigenvalue weighted by Gasteiger charge is 2.32. The number of halogens is 1. The monoisotopic (exact) mass is 420 g/mol. The fourth-order valence-electron chi connectivity index (χ4n) is 4.09. The summed E-state index contributed by atoms with van der Waals surface area (Å²) < 4.78 is 7.16. The summed E-state index contributed by atoms with van der Waals surface area (Å²) >= 11 is 3.74. The predicted octanol–water partition coefficient (Wildman–Crippen LogP) is 7.07. The van der Waals surface area contributed by atoms with E-state index in [4.69, 9.17) is 4.74 Å². The zero-order valence-electron chi connectivity index (χ0n) is 15.7. The number of rotatable bonds is 6. The van der Waals surface area contributed by atoms with E-state index in [1.807, 2.05) is 18.2 Å². The Kier molecular flexibility index (Phi) is 5.63. The van der Waals surface area contributed by atoms with Crippen LogP contribution in [0.3, 0.4) is 0 Å². The van der Waals surface area contributed by atoms with Crippen LogP contribution in [-0.2, 0) is 13.0 Å². The smallest absolute Gasteiger partial charge is 0.136 e. The molecule has 1 fully saturated rings. The van der Waals surface area contributed by atoms with Crippen molar-refractivity contribution in [1.29, 1.82) is 0 Å². The van der Waals surface area contributed by atoms with Gasteiger partial charge < -0.3 is 4.74 Å². The van der Waals surface area contributed by atoms with Crippen LogP contribution < -0.4 is 4.74 Å². The Balaban J connectivity index is 1.44. The lowest BCUT2D eigenvalue weighted by molar-refractivity contribution is 0.253. The molecule has 0 amide bonds. The molecule has 138 valence electrons. The molecule has 0 N–H and O–H groups in total. The van der Waals surface area contributed by atoms with E-state index in [0.717, 1.165) is 22.6 Å². The number of hydrogen-bond donors (Lipinski definition) is 0. The van der Waals surface area contributed by atoms with Crippen LogP contribution in [0.2, 0.25) is 0 Å². The SMILES string of the molecule is Cc1cc(CC2CCC2c2ccccc2)cc(Br)c1OCc1ccccc1. The van der Waals surface area contributed by atoms with Crippen molar-refractivity contribution in [1.82, 2.24) is 0 Å². The third-order valence-corrected chi connectivity index (χ3v) is 6.25. The van der Waals surface area contributed by atoms with E-state index in [-0.39, 0.29) is 0 Å². The minimum absolute atomic E-state index is 0.596. The van der Waals surface area contributed by atoms with Crippen LogP contribution in [0.25, 0.3) is 0 Å². The Morgan fingerprint density at radius 1 is 0.889 bits per heavy atom. The predicted molar refractivity (Wildman–Crippen MR) is 115 cm³/mol. The molecular weight excluding hydrogens is 396 g/mol. The summed E-state index contributed by atoms with van der Waals surface area (Å²) in [5.74, 6) is 2.41. The van der Waals surface area contributed by atoms with Gasteiger partial charge in [-0.3, -0.25) is 0 Å². The van der Waals surface area contributed by atoms with Gasteiger partial charge in [0.1, 0.15) is 12.4 Å². The average molecular weight is 421 g/mol. The van der Waals surface area contributed by atoms with Crippen molar-refractivity contribution in [2.45, 2.75) is 38.7 Å². The molecule has 0 aliphatic heterocycles. The number of ether oxygens (including phenoxy) is 1. The van der Waals surface area contributed by atoms with Crippen molar-refractivity contribution in [2.24, 2.45) is 5.92 Å². The molecule has 1 aliphatic rings. The third-order valence-electron chi connectivity index (χ3n) is 5.66. The van der Waals surface area contributed by atoms with Gasteiger partial charge in [0.2, 0.25) is 0 Å². The molecule has 0 aromatic heterocycles. The Hall–Kier alpha value is -2.06. The van der Waals surface area contributed by atoms with Gasteiger partial charge >= 0.3 is 0 Å². The standard InChI is InChI=1S/C25H25BrO/c1-18-14-20(15-22-12-13-23(22)21-10-6-3-7-11-21)16-24(26)25(18)27-17-19-8-4-2-5-9-19/h2-11,14,16,22-23H,12-13,15,17H2,1H3. The van der Waals surface area contributed by atoms with Gasteiger partial charge in [0.15, 0.2) is 0 Å². The Bertz CT molecular complexity index is 866. The lowest BCUT2D eigenvalue weighted by Gasteiger charge is -2.37. The highest BCUT2D eigenvalue weighted by atomic mass is 79.9. The number of aryl methyl sites for hydroxylation is 1. The van der Waals surface area contributed by atoms with Crippen molar-refractivity contribution in [3.05, 3.63) is 99.5 Å². The molecule has 2 atom stereocenters. The van der Waals surface area contributed by atoms with Crippen LogP contribution in [0, 0.1) is 12.8 Å². The van der Waals surface area contributed by atoms with Gasteiger partial charge in [-0.1, -0.05) is 66.7 Å². The summed E-state index contributed by atoms with van der Waals surface area (Å²) in [6.07, 6.45) is 3.77.